The van der Waals surface area contributed by atoms with Crippen LogP contribution in [0.1, 0.15) is 63.8 Å². The van der Waals surface area contributed by atoms with Crippen LogP contribution >= 0.6 is 0 Å². The summed E-state index contributed by atoms with van der Waals surface area (Å²) in [5.41, 5.74) is 3.80. The number of ketones is 1. The lowest BCUT2D eigenvalue weighted by molar-refractivity contribution is 0.0624. The van der Waals surface area contributed by atoms with E-state index in [0.29, 0.717) is 31.2 Å². The van der Waals surface area contributed by atoms with Crippen molar-refractivity contribution in [3.63, 3.8) is 0 Å². The number of Topliss-reactive ketones (excluding diaryl/α,β-unsaturated/α-hetero) is 1. The Labute approximate surface area is 172 Å². The molecule has 1 saturated heterocycles. The summed E-state index contributed by atoms with van der Waals surface area (Å²) in [6, 6.07) is 6.20. The van der Waals surface area contributed by atoms with Crippen LogP contribution in [0, 0.1) is 13.8 Å². The molecule has 1 amide bonds. The SMILES string of the molecule is Cc1cc(C(=O)CN2CCN(C(=O)c3cccnc3)CC2)c(C)n1C1CCCC1. The van der Waals surface area contributed by atoms with Crippen LogP contribution in [-0.4, -0.2) is 63.8 Å². The highest BCUT2D eigenvalue weighted by molar-refractivity contribution is 5.99. The van der Waals surface area contributed by atoms with Gasteiger partial charge in [-0.05, 0) is 44.9 Å². The Kier molecular flexibility index (Phi) is 5.81. The number of aromatic nitrogens is 2. The molecule has 2 aromatic rings. The average Bonchev–Trinajstić information content (AvgIpc) is 3.36. The number of aryl methyl sites for hydroxylation is 1. The van der Waals surface area contributed by atoms with Gasteiger partial charge in [0.05, 0.1) is 12.1 Å². The van der Waals surface area contributed by atoms with Crippen molar-refractivity contribution in [2.24, 2.45) is 0 Å². The van der Waals surface area contributed by atoms with Crippen LogP contribution < -0.4 is 0 Å². The summed E-state index contributed by atoms with van der Waals surface area (Å²) in [6.45, 7) is 7.35. The van der Waals surface area contributed by atoms with Gasteiger partial charge in [0.25, 0.3) is 5.91 Å². The minimum Gasteiger partial charge on any atom is -0.345 e. The highest BCUT2D eigenvalue weighted by Gasteiger charge is 2.26. The van der Waals surface area contributed by atoms with Crippen LogP contribution in [-0.2, 0) is 0 Å². The monoisotopic (exact) mass is 394 g/mol. The fourth-order valence-electron chi connectivity index (χ4n) is 4.85. The number of rotatable bonds is 5. The first-order chi connectivity index (χ1) is 14.0. The van der Waals surface area contributed by atoms with Crippen molar-refractivity contribution in [1.29, 1.82) is 0 Å². The lowest BCUT2D eigenvalue weighted by Crippen LogP contribution is -2.49. The number of carbonyl (C=O) groups excluding carboxylic acids is 2. The molecule has 0 radical (unpaired) electrons. The van der Waals surface area contributed by atoms with Crippen molar-refractivity contribution in [2.75, 3.05) is 32.7 Å². The maximum atomic E-state index is 13.0. The Morgan fingerprint density at radius 2 is 1.83 bits per heavy atom. The van der Waals surface area contributed by atoms with Crippen molar-refractivity contribution in [1.82, 2.24) is 19.4 Å². The van der Waals surface area contributed by atoms with E-state index in [-0.39, 0.29) is 11.7 Å². The number of hydrogen-bond donors (Lipinski definition) is 0. The standard InChI is InChI=1S/C23H30N4O2/c1-17-14-21(18(2)27(17)20-7-3-4-8-20)22(28)16-25-10-12-26(13-11-25)23(29)19-6-5-9-24-15-19/h5-6,9,14-15,20H,3-4,7-8,10-13,16H2,1-2H3. The molecule has 2 aliphatic rings. The minimum absolute atomic E-state index is 0.0178. The summed E-state index contributed by atoms with van der Waals surface area (Å²) < 4.78 is 2.38. The molecule has 2 aromatic heterocycles. The normalized spacial score (nSPS) is 18.3. The van der Waals surface area contributed by atoms with Crippen LogP contribution in [0.25, 0.3) is 0 Å². The van der Waals surface area contributed by atoms with E-state index in [2.05, 4.69) is 34.4 Å². The fourth-order valence-corrected chi connectivity index (χ4v) is 4.85. The summed E-state index contributed by atoms with van der Waals surface area (Å²) in [6.07, 6.45) is 8.29. The molecule has 6 heteroatoms. The van der Waals surface area contributed by atoms with Gasteiger partial charge in [0.15, 0.2) is 5.78 Å². The van der Waals surface area contributed by atoms with E-state index in [1.165, 1.54) is 31.4 Å². The van der Waals surface area contributed by atoms with Gasteiger partial charge in [-0.3, -0.25) is 19.5 Å². The number of carbonyl (C=O) groups is 2. The van der Waals surface area contributed by atoms with Crippen molar-refractivity contribution in [3.05, 3.63) is 53.1 Å². The Bertz CT molecular complexity index is 876. The van der Waals surface area contributed by atoms with E-state index < -0.39 is 0 Å². The van der Waals surface area contributed by atoms with E-state index in [4.69, 9.17) is 0 Å². The van der Waals surface area contributed by atoms with Crippen molar-refractivity contribution in [2.45, 2.75) is 45.6 Å². The van der Waals surface area contributed by atoms with Gasteiger partial charge in [-0.15, -0.1) is 0 Å². The first-order valence-corrected chi connectivity index (χ1v) is 10.7. The second-order valence-electron chi connectivity index (χ2n) is 8.33. The zero-order valence-electron chi connectivity index (χ0n) is 17.4. The molecule has 1 saturated carbocycles. The molecular formula is C23H30N4O2. The predicted molar refractivity (Wildman–Crippen MR) is 112 cm³/mol. The van der Waals surface area contributed by atoms with Gasteiger partial charge in [0.1, 0.15) is 0 Å². The topological polar surface area (TPSA) is 58.4 Å². The molecule has 6 nitrogen and oxygen atoms in total. The largest absolute Gasteiger partial charge is 0.345 e. The summed E-state index contributed by atoms with van der Waals surface area (Å²) in [5.74, 6) is 0.207. The van der Waals surface area contributed by atoms with Crippen LogP contribution in [0.4, 0.5) is 0 Å². The molecule has 29 heavy (non-hydrogen) atoms. The molecule has 0 atom stereocenters. The molecule has 0 aromatic carbocycles. The lowest BCUT2D eigenvalue weighted by atomic mass is 10.1. The molecule has 3 heterocycles. The minimum atomic E-state index is 0.0178. The molecule has 0 unspecified atom stereocenters. The van der Waals surface area contributed by atoms with E-state index in [1.807, 2.05) is 4.90 Å². The summed E-state index contributed by atoms with van der Waals surface area (Å²) in [7, 11) is 0. The third-order valence-corrected chi connectivity index (χ3v) is 6.41. The Morgan fingerprint density at radius 3 is 2.48 bits per heavy atom. The van der Waals surface area contributed by atoms with E-state index in [0.717, 1.165) is 24.3 Å². The highest BCUT2D eigenvalue weighted by atomic mass is 16.2. The highest BCUT2D eigenvalue weighted by Crippen LogP contribution is 2.33. The summed E-state index contributed by atoms with van der Waals surface area (Å²) in [4.78, 5) is 33.6. The lowest BCUT2D eigenvalue weighted by Gasteiger charge is -2.34. The number of pyridine rings is 1. The third kappa shape index (κ3) is 4.13. The molecule has 154 valence electrons. The van der Waals surface area contributed by atoms with E-state index in [9.17, 15) is 9.59 Å². The summed E-state index contributed by atoms with van der Waals surface area (Å²) in [5, 5.41) is 0. The smallest absolute Gasteiger partial charge is 0.255 e. The number of amides is 1. The van der Waals surface area contributed by atoms with Crippen LogP contribution in [0.2, 0.25) is 0 Å². The summed E-state index contributed by atoms with van der Waals surface area (Å²) >= 11 is 0. The predicted octanol–water partition coefficient (Wildman–Crippen LogP) is 3.26. The quantitative estimate of drug-likeness (QED) is 0.731. The molecule has 0 spiro atoms. The molecule has 4 rings (SSSR count). The average molecular weight is 395 g/mol. The maximum Gasteiger partial charge on any atom is 0.255 e. The zero-order valence-corrected chi connectivity index (χ0v) is 17.4. The van der Waals surface area contributed by atoms with E-state index >= 15 is 0 Å². The first kappa shape index (κ1) is 19.8. The van der Waals surface area contributed by atoms with Crippen LogP contribution in [0.3, 0.4) is 0 Å². The van der Waals surface area contributed by atoms with Gasteiger partial charge < -0.3 is 9.47 Å². The Balaban J connectivity index is 1.36. The number of hydrogen-bond acceptors (Lipinski definition) is 4. The molecule has 2 fully saturated rings. The number of piperazine rings is 1. The molecule has 1 aliphatic heterocycles. The van der Waals surface area contributed by atoms with Crippen LogP contribution in [0.15, 0.2) is 30.6 Å². The maximum absolute atomic E-state index is 13.0. The fraction of sp³-hybridized carbons (Fsp3) is 0.522. The molecule has 0 N–H and O–H groups in total. The van der Waals surface area contributed by atoms with Crippen molar-refractivity contribution < 1.29 is 9.59 Å². The number of nitrogens with zero attached hydrogens (tertiary/aromatic N) is 4. The second kappa shape index (κ2) is 8.49. The van der Waals surface area contributed by atoms with Gasteiger partial charge in [-0.1, -0.05) is 12.8 Å². The van der Waals surface area contributed by atoms with Crippen molar-refractivity contribution in [3.8, 4) is 0 Å². The van der Waals surface area contributed by atoms with Gasteiger partial charge in [0, 0.05) is 61.6 Å². The second-order valence-corrected chi connectivity index (χ2v) is 8.33. The van der Waals surface area contributed by atoms with Crippen LogP contribution in [0.5, 0.6) is 0 Å². The zero-order chi connectivity index (χ0) is 20.4. The van der Waals surface area contributed by atoms with Gasteiger partial charge in [-0.25, -0.2) is 0 Å². The molecule has 1 aliphatic carbocycles. The van der Waals surface area contributed by atoms with E-state index in [1.54, 1.807) is 24.5 Å². The van der Waals surface area contributed by atoms with Gasteiger partial charge >= 0.3 is 0 Å². The Hall–Kier alpha value is -2.47. The first-order valence-electron chi connectivity index (χ1n) is 10.7. The van der Waals surface area contributed by atoms with Crippen molar-refractivity contribution >= 4 is 11.7 Å². The third-order valence-electron chi connectivity index (χ3n) is 6.41. The van der Waals surface area contributed by atoms with Gasteiger partial charge in [-0.2, -0.15) is 0 Å². The Morgan fingerprint density at radius 1 is 1.10 bits per heavy atom. The molecule has 0 bridgehead atoms. The molecular weight excluding hydrogens is 364 g/mol. The van der Waals surface area contributed by atoms with Gasteiger partial charge in [0.2, 0.25) is 0 Å².